The number of methoxy groups -OCH3 is 1. The second kappa shape index (κ2) is 11.6. The van der Waals surface area contributed by atoms with E-state index < -0.39 is 0 Å². The first-order valence-electron chi connectivity index (χ1n) is 8.21. The summed E-state index contributed by atoms with van der Waals surface area (Å²) in [7, 11) is 1.61. The molecule has 0 aliphatic rings. The van der Waals surface area contributed by atoms with Crippen LogP contribution in [0.25, 0.3) is 0 Å². The summed E-state index contributed by atoms with van der Waals surface area (Å²) in [6.45, 7) is 0.937. The SMILES string of the molecule is COCCOc1cccc(NC(=O)CSCC(=O)Nc2cccc(Br)c2)c1. The minimum atomic E-state index is -0.177. The van der Waals surface area contributed by atoms with Gasteiger partial charge in [-0.05, 0) is 30.3 Å². The lowest BCUT2D eigenvalue weighted by atomic mass is 10.3. The van der Waals surface area contributed by atoms with Gasteiger partial charge in [-0.2, -0.15) is 0 Å². The third kappa shape index (κ3) is 8.47. The maximum Gasteiger partial charge on any atom is 0.234 e. The molecule has 0 saturated heterocycles. The summed E-state index contributed by atoms with van der Waals surface area (Å²) in [6, 6.07) is 14.5. The molecule has 2 aromatic rings. The molecule has 0 fully saturated rings. The molecule has 0 saturated carbocycles. The van der Waals surface area contributed by atoms with Crippen molar-refractivity contribution in [3.05, 3.63) is 53.0 Å². The molecule has 144 valence electrons. The van der Waals surface area contributed by atoms with E-state index >= 15 is 0 Å². The van der Waals surface area contributed by atoms with E-state index in [2.05, 4.69) is 26.6 Å². The van der Waals surface area contributed by atoms with E-state index in [-0.39, 0.29) is 23.3 Å². The fourth-order valence-corrected chi connectivity index (χ4v) is 3.12. The number of thioether (sulfide) groups is 1. The monoisotopic (exact) mass is 452 g/mol. The molecule has 8 heteroatoms. The van der Waals surface area contributed by atoms with Crippen LogP contribution in [0.15, 0.2) is 53.0 Å². The van der Waals surface area contributed by atoms with Gasteiger partial charge in [0, 0.05) is 29.0 Å². The van der Waals surface area contributed by atoms with Crippen molar-refractivity contribution in [2.45, 2.75) is 0 Å². The number of ether oxygens (including phenoxy) is 2. The van der Waals surface area contributed by atoms with Gasteiger partial charge in [0.2, 0.25) is 11.8 Å². The van der Waals surface area contributed by atoms with Crippen molar-refractivity contribution in [1.29, 1.82) is 0 Å². The van der Waals surface area contributed by atoms with E-state index in [9.17, 15) is 9.59 Å². The molecule has 0 aliphatic heterocycles. The van der Waals surface area contributed by atoms with Crippen LogP contribution in [-0.4, -0.2) is 43.6 Å². The van der Waals surface area contributed by atoms with E-state index in [0.29, 0.717) is 30.3 Å². The van der Waals surface area contributed by atoms with Crippen LogP contribution in [0.2, 0.25) is 0 Å². The van der Waals surface area contributed by atoms with Gasteiger partial charge >= 0.3 is 0 Å². The first-order chi connectivity index (χ1) is 13.1. The Morgan fingerprint density at radius 2 is 1.59 bits per heavy atom. The number of carbonyl (C=O) groups is 2. The van der Waals surface area contributed by atoms with Crippen LogP contribution in [0.5, 0.6) is 5.75 Å². The van der Waals surface area contributed by atoms with Crippen LogP contribution in [0.4, 0.5) is 11.4 Å². The maximum atomic E-state index is 12.0. The first-order valence-corrected chi connectivity index (χ1v) is 10.2. The third-order valence-corrected chi connectivity index (χ3v) is 4.67. The van der Waals surface area contributed by atoms with Crippen molar-refractivity contribution in [2.24, 2.45) is 0 Å². The van der Waals surface area contributed by atoms with Gasteiger partial charge in [0.1, 0.15) is 12.4 Å². The highest BCUT2D eigenvalue weighted by molar-refractivity contribution is 9.10. The number of carbonyl (C=O) groups excluding carboxylic acids is 2. The molecule has 2 N–H and O–H groups in total. The molecule has 27 heavy (non-hydrogen) atoms. The topological polar surface area (TPSA) is 76.7 Å². The molecule has 0 spiro atoms. The minimum absolute atomic E-state index is 0.153. The maximum absolute atomic E-state index is 12.0. The lowest BCUT2D eigenvalue weighted by Gasteiger charge is -2.09. The predicted molar refractivity (Wildman–Crippen MR) is 113 cm³/mol. The fraction of sp³-hybridized carbons (Fsp3) is 0.263. The smallest absolute Gasteiger partial charge is 0.234 e. The summed E-state index contributed by atoms with van der Waals surface area (Å²) in [6.07, 6.45) is 0. The van der Waals surface area contributed by atoms with Crippen molar-refractivity contribution in [2.75, 3.05) is 42.5 Å². The number of rotatable bonds is 10. The van der Waals surface area contributed by atoms with Crippen LogP contribution in [0.1, 0.15) is 0 Å². The van der Waals surface area contributed by atoms with Gasteiger partial charge in [0.05, 0.1) is 18.1 Å². The normalized spacial score (nSPS) is 10.3. The number of hydrogen-bond acceptors (Lipinski definition) is 5. The van der Waals surface area contributed by atoms with Crippen molar-refractivity contribution in [3.63, 3.8) is 0 Å². The molecule has 2 aromatic carbocycles. The first kappa shape index (κ1) is 21.3. The average Bonchev–Trinajstić information content (AvgIpc) is 2.62. The van der Waals surface area contributed by atoms with Gasteiger partial charge in [0.25, 0.3) is 0 Å². The molecule has 6 nitrogen and oxygen atoms in total. The Labute approximate surface area is 171 Å². The summed E-state index contributed by atoms with van der Waals surface area (Å²) in [5, 5.41) is 5.58. The number of anilines is 2. The summed E-state index contributed by atoms with van der Waals surface area (Å²) in [4.78, 5) is 24.0. The summed E-state index contributed by atoms with van der Waals surface area (Å²) < 4.78 is 11.3. The Balaban J connectivity index is 1.71. The summed E-state index contributed by atoms with van der Waals surface area (Å²) in [5.41, 5.74) is 1.36. The lowest BCUT2D eigenvalue weighted by molar-refractivity contribution is -0.114. The largest absolute Gasteiger partial charge is 0.491 e. The molecular weight excluding hydrogens is 432 g/mol. The van der Waals surface area contributed by atoms with Gasteiger partial charge in [-0.3, -0.25) is 9.59 Å². The Morgan fingerprint density at radius 3 is 2.22 bits per heavy atom. The molecule has 0 unspecified atom stereocenters. The molecular formula is C19H21BrN2O4S. The Bertz CT molecular complexity index is 773. The Hall–Kier alpha value is -2.03. The second-order valence-corrected chi connectivity index (χ2v) is 7.37. The quantitative estimate of drug-likeness (QED) is 0.536. The molecule has 0 radical (unpaired) electrons. The van der Waals surface area contributed by atoms with Crippen molar-refractivity contribution in [3.8, 4) is 5.75 Å². The highest BCUT2D eigenvalue weighted by atomic mass is 79.9. The van der Waals surface area contributed by atoms with Crippen LogP contribution >= 0.6 is 27.7 Å². The standard InChI is InChI=1S/C19H21BrN2O4S/c1-25-8-9-26-17-7-3-6-16(11-17)22-19(24)13-27-12-18(23)21-15-5-2-4-14(20)10-15/h2-7,10-11H,8-9,12-13H2,1H3,(H,21,23)(H,22,24). The van der Waals surface area contributed by atoms with Crippen LogP contribution in [0, 0.1) is 0 Å². The molecule has 0 aromatic heterocycles. The van der Waals surface area contributed by atoms with Gasteiger partial charge < -0.3 is 20.1 Å². The molecule has 0 atom stereocenters. The second-order valence-electron chi connectivity index (χ2n) is 5.47. The predicted octanol–water partition coefficient (Wildman–Crippen LogP) is 3.78. The third-order valence-electron chi connectivity index (χ3n) is 3.25. The Morgan fingerprint density at radius 1 is 0.963 bits per heavy atom. The lowest BCUT2D eigenvalue weighted by Crippen LogP contribution is -2.18. The van der Waals surface area contributed by atoms with Crippen molar-refractivity contribution < 1.29 is 19.1 Å². The zero-order chi connectivity index (χ0) is 19.5. The van der Waals surface area contributed by atoms with Crippen LogP contribution in [-0.2, 0) is 14.3 Å². The number of hydrogen-bond donors (Lipinski definition) is 2. The van der Waals surface area contributed by atoms with Gasteiger partial charge in [0.15, 0.2) is 0 Å². The number of halogens is 1. The van der Waals surface area contributed by atoms with E-state index in [0.717, 1.165) is 4.47 Å². The van der Waals surface area contributed by atoms with E-state index in [1.165, 1.54) is 11.8 Å². The molecule has 2 amide bonds. The molecule has 0 bridgehead atoms. The van der Waals surface area contributed by atoms with Crippen LogP contribution in [0.3, 0.4) is 0 Å². The zero-order valence-electron chi connectivity index (χ0n) is 14.9. The summed E-state index contributed by atoms with van der Waals surface area (Å²) >= 11 is 4.60. The average molecular weight is 453 g/mol. The number of amides is 2. The van der Waals surface area contributed by atoms with E-state index in [4.69, 9.17) is 9.47 Å². The highest BCUT2D eigenvalue weighted by Gasteiger charge is 2.07. The number of benzene rings is 2. The molecule has 0 heterocycles. The van der Waals surface area contributed by atoms with Gasteiger partial charge in [-0.1, -0.05) is 28.1 Å². The van der Waals surface area contributed by atoms with Crippen molar-refractivity contribution in [1.82, 2.24) is 0 Å². The zero-order valence-corrected chi connectivity index (χ0v) is 17.3. The van der Waals surface area contributed by atoms with Gasteiger partial charge in [-0.15, -0.1) is 11.8 Å². The Kier molecular flexibility index (Phi) is 9.17. The number of nitrogens with one attached hydrogen (secondary N) is 2. The van der Waals surface area contributed by atoms with E-state index in [1.807, 2.05) is 30.3 Å². The van der Waals surface area contributed by atoms with Gasteiger partial charge in [-0.25, -0.2) is 0 Å². The van der Waals surface area contributed by atoms with Crippen LogP contribution < -0.4 is 15.4 Å². The minimum Gasteiger partial charge on any atom is -0.491 e. The van der Waals surface area contributed by atoms with E-state index in [1.54, 1.807) is 25.3 Å². The molecule has 2 rings (SSSR count). The molecule has 0 aliphatic carbocycles. The highest BCUT2D eigenvalue weighted by Crippen LogP contribution is 2.18. The fourth-order valence-electron chi connectivity index (χ4n) is 2.10. The van der Waals surface area contributed by atoms with Crippen molar-refractivity contribution >= 4 is 50.9 Å². The summed E-state index contributed by atoms with van der Waals surface area (Å²) in [5.74, 6) is 0.704.